The van der Waals surface area contributed by atoms with Gasteiger partial charge in [-0.05, 0) is 186 Å². The van der Waals surface area contributed by atoms with Crippen LogP contribution in [0.4, 0.5) is 45.5 Å². The van der Waals surface area contributed by atoms with Gasteiger partial charge in [0.1, 0.15) is 0 Å². The molecular formula is C74H60N4. The van der Waals surface area contributed by atoms with Crippen molar-refractivity contribution in [2.75, 3.05) is 14.7 Å². The standard InChI is InChI=1S/C74H60N4/c1-52(2)28-47-71-53(3)69-50-66(45-48-73(69)77(71)60-22-12-6-13-23-60)75(62-37-29-56(30-38-62)54-18-8-4-9-19-54)63-41-33-58(34-42-63)59-35-43-65(44-36-59)76(64-39-31-57(32-40-64)55-20-10-5-11-21-55)67-46-49-74-70(51-67)68-26-16-17-27-72(68)78(74)61-24-14-7-15-25-61/h5-8,10-51,68,72H,1,4,9H2,2-3H3/b47-28-. The Morgan fingerprint density at radius 3 is 1.58 bits per heavy atom. The predicted molar refractivity (Wildman–Crippen MR) is 332 cm³/mol. The molecule has 0 spiro atoms. The molecule has 1 aromatic heterocycles. The fourth-order valence-corrected chi connectivity index (χ4v) is 11.8. The summed E-state index contributed by atoms with van der Waals surface area (Å²) in [6, 6.07) is 82.4. The largest absolute Gasteiger partial charge is 0.333 e. The minimum atomic E-state index is 0.213. The molecule has 376 valence electrons. The molecule has 78 heavy (non-hydrogen) atoms. The number of hydrogen-bond donors (Lipinski definition) is 0. The molecule has 9 aromatic carbocycles. The van der Waals surface area contributed by atoms with Crippen molar-refractivity contribution < 1.29 is 0 Å². The molecule has 2 atom stereocenters. The van der Waals surface area contributed by atoms with Crippen LogP contribution in [0.3, 0.4) is 0 Å². The first-order chi connectivity index (χ1) is 38.4. The SMILES string of the molecule is C=C(C)/C=C\c1c(C)c2cc(N(c3ccc(C4=CCCC=C4)cc3)c3ccc(-c4ccc(N(c5ccc(-c6ccccc6)cc5)c5ccc6c(c5)C5C=CC=CC5N6c5ccccc5)cc4)cc3)ccc2n1-c1ccccc1. The average molecular weight is 1010 g/mol. The van der Waals surface area contributed by atoms with Crippen molar-refractivity contribution in [3.63, 3.8) is 0 Å². The minimum absolute atomic E-state index is 0.213. The summed E-state index contributed by atoms with van der Waals surface area (Å²) in [6.07, 6.45) is 22.4. The zero-order valence-corrected chi connectivity index (χ0v) is 44.1. The summed E-state index contributed by atoms with van der Waals surface area (Å²) in [5, 5.41) is 1.20. The van der Waals surface area contributed by atoms with Gasteiger partial charge in [0.2, 0.25) is 0 Å². The number of fused-ring (bicyclic) bond motifs is 4. The molecule has 0 amide bonds. The first-order valence-electron chi connectivity index (χ1n) is 27.2. The number of nitrogens with zero attached hydrogens (tertiary/aromatic N) is 4. The monoisotopic (exact) mass is 1000 g/mol. The summed E-state index contributed by atoms with van der Waals surface area (Å²) < 4.78 is 2.37. The van der Waals surface area contributed by atoms with E-state index in [1.165, 1.54) is 50.2 Å². The van der Waals surface area contributed by atoms with Crippen molar-refractivity contribution in [2.24, 2.45) is 0 Å². The second-order valence-corrected chi connectivity index (χ2v) is 20.7. The lowest BCUT2D eigenvalue weighted by Crippen LogP contribution is -2.28. The van der Waals surface area contributed by atoms with Crippen LogP contribution in [0, 0.1) is 6.92 Å². The van der Waals surface area contributed by atoms with E-state index in [2.05, 4.69) is 312 Å². The average Bonchev–Trinajstić information content (AvgIpc) is 4.17. The van der Waals surface area contributed by atoms with E-state index in [1.807, 2.05) is 6.92 Å². The molecule has 0 saturated carbocycles. The maximum absolute atomic E-state index is 4.18. The Balaban J connectivity index is 0.865. The van der Waals surface area contributed by atoms with Gasteiger partial charge in [-0.3, -0.25) is 0 Å². The Kier molecular flexibility index (Phi) is 12.8. The third kappa shape index (κ3) is 9.11. The second kappa shape index (κ2) is 20.8. The lowest BCUT2D eigenvalue weighted by atomic mass is 9.91. The topological polar surface area (TPSA) is 14.7 Å². The number of rotatable bonds is 13. The summed E-state index contributed by atoms with van der Waals surface area (Å²) in [4.78, 5) is 7.29. The molecule has 0 N–H and O–H groups in total. The summed E-state index contributed by atoms with van der Waals surface area (Å²) in [7, 11) is 0. The number of aromatic nitrogens is 1. The predicted octanol–water partition coefficient (Wildman–Crippen LogP) is 20.3. The normalized spacial score (nSPS) is 15.4. The van der Waals surface area contributed by atoms with Crippen molar-refractivity contribution in [2.45, 2.75) is 38.6 Å². The smallest absolute Gasteiger partial charge is 0.0629 e. The second-order valence-electron chi connectivity index (χ2n) is 20.7. The molecule has 0 saturated heterocycles. The highest BCUT2D eigenvalue weighted by Crippen LogP contribution is 2.50. The first kappa shape index (κ1) is 48.0. The number of para-hydroxylation sites is 2. The molecule has 2 aliphatic carbocycles. The molecule has 10 aromatic rings. The molecule has 0 fully saturated rings. The van der Waals surface area contributed by atoms with Gasteiger partial charge in [-0.25, -0.2) is 0 Å². The first-order valence-corrected chi connectivity index (χ1v) is 27.2. The van der Waals surface area contributed by atoms with E-state index < -0.39 is 0 Å². The van der Waals surface area contributed by atoms with Crippen LogP contribution in [-0.4, -0.2) is 10.6 Å². The van der Waals surface area contributed by atoms with Gasteiger partial charge in [0.25, 0.3) is 0 Å². The lowest BCUT2D eigenvalue weighted by Gasteiger charge is -2.28. The molecule has 1 aliphatic heterocycles. The van der Waals surface area contributed by atoms with Crippen LogP contribution in [0.2, 0.25) is 0 Å². The quantitative estimate of drug-likeness (QED) is 0.107. The zero-order valence-electron chi connectivity index (χ0n) is 44.1. The van der Waals surface area contributed by atoms with Gasteiger partial charge in [0.15, 0.2) is 0 Å². The van der Waals surface area contributed by atoms with Crippen LogP contribution in [0.25, 0.3) is 50.5 Å². The number of hydrogen-bond acceptors (Lipinski definition) is 3. The van der Waals surface area contributed by atoms with Crippen LogP contribution in [-0.2, 0) is 0 Å². The third-order valence-electron chi connectivity index (χ3n) is 15.6. The van der Waals surface area contributed by atoms with Crippen LogP contribution in [0.1, 0.15) is 48.1 Å². The summed E-state index contributed by atoms with van der Waals surface area (Å²) in [5.74, 6) is 0.237. The Labute approximate surface area is 459 Å². The fourth-order valence-electron chi connectivity index (χ4n) is 11.8. The minimum Gasteiger partial charge on any atom is -0.333 e. The number of anilines is 8. The van der Waals surface area contributed by atoms with Gasteiger partial charge in [0.05, 0.1) is 11.6 Å². The van der Waals surface area contributed by atoms with Gasteiger partial charge in [0, 0.05) is 68.2 Å². The van der Waals surface area contributed by atoms with Crippen LogP contribution in [0.15, 0.2) is 285 Å². The molecule has 3 aliphatic rings. The summed E-state index contributed by atoms with van der Waals surface area (Å²) in [6.45, 7) is 8.46. The Morgan fingerprint density at radius 2 is 1.01 bits per heavy atom. The van der Waals surface area contributed by atoms with E-state index in [-0.39, 0.29) is 12.0 Å². The van der Waals surface area contributed by atoms with E-state index in [0.717, 1.165) is 80.6 Å². The van der Waals surface area contributed by atoms with E-state index in [4.69, 9.17) is 0 Å². The van der Waals surface area contributed by atoms with Crippen molar-refractivity contribution in [1.82, 2.24) is 4.57 Å². The van der Waals surface area contributed by atoms with Crippen LogP contribution >= 0.6 is 0 Å². The van der Waals surface area contributed by atoms with Gasteiger partial charge in [-0.1, -0.05) is 176 Å². The van der Waals surface area contributed by atoms with E-state index in [9.17, 15) is 0 Å². The Hall–Kier alpha value is -9.64. The van der Waals surface area contributed by atoms with Crippen LogP contribution in [0.5, 0.6) is 0 Å². The van der Waals surface area contributed by atoms with Crippen LogP contribution < -0.4 is 14.7 Å². The van der Waals surface area contributed by atoms with Gasteiger partial charge in [-0.15, -0.1) is 0 Å². The van der Waals surface area contributed by atoms with Crippen molar-refractivity contribution in [1.29, 1.82) is 0 Å². The molecule has 4 heteroatoms. The highest BCUT2D eigenvalue weighted by atomic mass is 15.2. The van der Waals surface area contributed by atoms with Crippen molar-refractivity contribution in [3.8, 4) is 27.9 Å². The zero-order chi connectivity index (χ0) is 52.5. The molecule has 2 unspecified atom stereocenters. The molecule has 2 heterocycles. The summed E-state index contributed by atoms with van der Waals surface area (Å²) in [5.41, 5.74) is 23.3. The molecule has 4 nitrogen and oxygen atoms in total. The lowest BCUT2D eigenvalue weighted by molar-refractivity contribution is 0.745. The number of benzene rings is 9. The van der Waals surface area contributed by atoms with Gasteiger partial charge < -0.3 is 19.3 Å². The Morgan fingerprint density at radius 1 is 0.513 bits per heavy atom. The van der Waals surface area contributed by atoms with E-state index in [0.29, 0.717) is 0 Å². The van der Waals surface area contributed by atoms with Crippen molar-refractivity contribution in [3.05, 3.63) is 308 Å². The molecular weight excluding hydrogens is 945 g/mol. The molecule has 0 bridgehead atoms. The Bertz CT molecular complexity index is 3970. The fraction of sp³-hybridized carbons (Fsp3) is 0.0811. The highest BCUT2D eigenvalue weighted by Gasteiger charge is 2.38. The van der Waals surface area contributed by atoms with E-state index in [1.54, 1.807) is 0 Å². The van der Waals surface area contributed by atoms with E-state index >= 15 is 0 Å². The number of aryl methyl sites for hydroxylation is 1. The summed E-state index contributed by atoms with van der Waals surface area (Å²) >= 11 is 0. The van der Waals surface area contributed by atoms with Gasteiger partial charge in [-0.2, -0.15) is 0 Å². The maximum Gasteiger partial charge on any atom is 0.0629 e. The third-order valence-corrected chi connectivity index (χ3v) is 15.6. The van der Waals surface area contributed by atoms with Gasteiger partial charge >= 0.3 is 0 Å². The van der Waals surface area contributed by atoms with Crippen molar-refractivity contribution >= 4 is 68.1 Å². The molecule has 0 radical (unpaired) electrons. The maximum atomic E-state index is 4.18. The molecule has 13 rings (SSSR count). The highest BCUT2D eigenvalue weighted by molar-refractivity contribution is 5.95. The number of allylic oxidation sites excluding steroid dienone is 8.